The molecule has 0 aromatic carbocycles. The topological polar surface area (TPSA) is 109 Å². The van der Waals surface area contributed by atoms with Gasteiger partial charge >= 0.3 is 0 Å². The standard InChI is InChI=1S/C16H16N6O2/c17-14-8-18-7-13(21-14)11-1-2-12-15(22-11)16(20-9-19-12)24-10-3-5-23-6-4-10/h1-2,7-10H,3-6H2,(H2,17,21). The predicted octanol–water partition coefficient (Wildman–Crippen LogP) is 1.62. The maximum Gasteiger partial charge on any atom is 0.244 e. The van der Waals surface area contributed by atoms with E-state index in [9.17, 15) is 0 Å². The lowest BCUT2D eigenvalue weighted by atomic mass is 10.1. The highest BCUT2D eigenvalue weighted by Crippen LogP contribution is 2.25. The van der Waals surface area contributed by atoms with Gasteiger partial charge in [0.1, 0.15) is 23.9 Å². The molecule has 1 saturated heterocycles. The van der Waals surface area contributed by atoms with E-state index in [4.69, 9.17) is 15.2 Å². The van der Waals surface area contributed by atoms with Crippen molar-refractivity contribution in [3.63, 3.8) is 0 Å². The van der Waals surface area contributed by atoms with Crippen LogP contribution in [-0.4, -0.2) is 44.2 Å². The van der Waals surface area contributed by atoms with Crippen LogP contribution in [0.3, 0.4) is 0 Å². The summed E-state index contributed by atoms with van der Waals surface area (Å²) in [4.78, 5) is 21.4. The fourth-order valence-corrected chi connectivity index (χ4v) is 2.60. The number of hydrogen-bond donors (Lipinski definition) is 1. The summed E-state index contributed by atoms with van der Waals surface area (Å²) in [6, 6.07) is 3.69. The molecule has 0 saturated carbocycles. The van der Waals surface area contributed by atoms with E-state index in [1.165, 1.54) is 12.5 Å². The molecule has 122 valence electrons. The molecule has 8 nitrogen and oxygen atoms in total. The van der Waals surface area contributed by atoms with Crippen molar-refractivity contribution in [3.05, 3.63) is 30.9 Å². The summed E-state index contributed by atoms with van der Waals surface area (Å²) in [7, 11) is 0. The minimum absolute atomic E-state index is 0.0782. The first kappa shape index (κ1) is 14.7. The van der Waals surface area contributed by atoms with E-state index in [1.807, 2.05) is 12.1 Å². The SMILES string of the molecule is Nc1cncc(-c2ccc3ncnc(OC4CCOCC4)c3n2)n1. The number of fused-ring (bicyclic) bond motifs is 1. The zero-order valence-corrected chi connectivity index (χ0v) is 12.9. The molecule has 0 atom stereocenters. The first-order chi connectivity index (χ1) is 11.8. The van der Waals surface area contributed by atoms with E-state index in [0.29, 0.717) is 47.3 Å². The first-order valence-corrected chi connectivity index (χ1v) is 7.73. The average Bonchev–Trinajstić information content (AvgIpc) is 2.63. The summed E-state index contributed by atoms with van der Waals surface area (Å²) < 4.78 is 11.4. The van der Waals surface area contributed by atoms with Gasteiger partial charge in [0, 0.05) is 12.8 Å². The van der Waals surface area contributed by atoms with Gasteiger partial charge in [-0.05, 0) is 12.1 Å². The fraction of sp³-hybridized carbons (Fsp3) is 0.312. The molecule has 2 N–H and O–H groups in total. The van der Waals surface area contributed by atoms with Crippen LogP contribution in [0.15, 0.2) is 30.9 Å². The zero-order chi connectivity index (χ0) is 16.4. The highest BCUT2D eigenvalue weighted by molar-refractivity contribution is 5.81. The molecule has 24 heavy (non-hydrogen) atoms. The van der Waals surface area contributed by atoms with E-state index in [-0.39, 0.29) is 6.10 Å². The van der Waals surface area contributed by atoms with Crippen molar-refractivity contribution in [1.29, 1.82) is 0 Å². The van der Waals surface area contributed by atoms with Crippen LogP contribution in [0.4, 0.5) is 5.82 Å². The van der Waals surface area contributed by atoms with Crippen molar-refractivity contribution in [2.24, 2.45) is 0 Å². The van der Waals surface area contributed by atoms with Gasteiger partial charge in [0.15, 0.2) is 5.52 Å². The van der Waals surface area contributed by atoms with Crippen LogP contribution in [0.5, 0.6) is 5.88 Å². The van der Waals surface area contributed by atoms with E-state index in [0.717, 1.165) is 12.8 Å². The van der Waals surface area contributed by atoms with E-state index in [1.54, 1.807) is 6.20 Å². The lowest BCUT2D eigenvalue weighted by Gasteiger charge is -2.22. The molecule has 4 rings (SSSR count). The molecule has 0 radical (unpaired) electrons. The summed E-state index contributed by atoms with van der Waals surface area (Å²) in [5.74, 6) is 0.822. The molecule has 4 heterocycles. The Balaban J connectivity index is 1.73. The number of nitrogens with zero attached hydrogens (tertiary/aromatic N) is 5. The van der Waals surface area contributed by atoms with Gasteiger partial charge in [-0.25, -0.2) is 15.0 Å². The maximum absolute atomic E-state index is 6.03. The van der Waals surface area contributed by atoms with Gasteiger partial charge in [-0.2, -0.15) is 4.98 Å². The van der Waals surface area contributed by atoms with E-state index in [2.05, 4.69) is 24.9 Å². The van der Waals surface area contributed by atoms with Crippen LogP contribution in [-0.2, 0) is 4.74 Å². The highest BCUT2D eigenvalue weighted by Gasteiger charge is 2.18. The molecule has 1 fully saturated rings. The quantitative estimate of drug-likeness (QED) is 0.774. The second-order valence-corrected chi connectivity index (χ2v) is 5.50. The number of aromatic nitrogens is 5. The number of pyridine rings is 1. The van der Waals surface area contributed by atoms with Crippen LogP contribution in [0, 0.1) is 0 Å². The van der Waals surface area contributed by atoms with Crippen molar-refractivity contribution in [2.45, 2.75) is 18.9 Å². The van der Waals surface area contributed by atoms with Crippen LogP contribution >= 0.6 is 0 Å². The summed E-state index contributed by atoms with van der Waals surface area (Å²) in [6.07, 6.45) is 6.35. The minimum Gasteiger partial charge on any atom is -0.473 e. The van der Waals surface area contributed by atoms with Crippen molar-refractivity contribution in [1.82, 2.24) is 24.9 Å². The number of rotatable bonds is 3. The van der Waals surface area contributed by atoms with Gasteiger partial charge in [-0.3, -0.25) is 4.98 Å². The van der Waals surface area contributed by atoms with Crippen LogP contribution < -0.4 is 10.5 Å². The maximum atomic E-state index is 6.03. The van der Waals surface area contributed by atoms with Crippen molar-refractivity contribution in [2.75, 3.05) is 18.9 Å². The van der Waals surface area contributed by atoms with Crippen molar-refractivity contribution < 1.29 is 9.47 Å². The molecule has 3 aromatic heterocycles. The molecule has 8 heteroatoms. The number of nitrogen functional groups attached to an aromatic ring is 1. The predicted molar refractivity (Wildman–Crippen MR) is 87.2 cm³/mol. The Bertz CT molecular complexity index is 866. The molecular weight excluding hydrogens is 308 g/mol. The molecular formula is C16H16N6O2. The zero-order valence-electron chi connectivity index (χ0n) is 12.9. The lowest BCUT2D eigenvalue weighted by Crippen LogP contribution is -2.26. The normalized spacial score (nSPS) is 15.5. The third-order valence-electron chi connectivity index (χ3n) is 3.81. The summed E-state index contributed by atoms with van der Waals surface area (Å²) >= 11 is 0. The number of ether oxygens (including phenoxy) is 2. The Morgan fingerprint density at radius 2 is 1.92 bits per heavy atom. The average molecular weight is 324 g/mol. The Morgan fingerprint density at radius 3 is 2.75 bits per heavy atom. The molecule has 0 bridgehead atoms. The monoisotopic (exact) mass is 324 g/mol. The van der Waals surface area contributed by atoms with E-state index >= 15 is 0 Å². The summed E-state index contributed by atoms with van der Waals surface area (Å²) in [6.45, 7) is 1.40. The highest BCUT2D eigenvalue weighted by atomic mass is 16.5. The van der Waals surface area contributed by atoms with Gasteiger partial charge in [-0.1, -0.05) is 0 Å². The van der Waals surface area contributed by atoms with Crippen LogP contribution in [0.2, 0.25) is 0 Å². The van der Waals surface area contributed by atoms with Crippen LogP contribution in [0.1, 0.15) is 12.8 Å². The summed E-state index contributed by atoms with van der Waals surface area (Å²) in [5, 5.41) is 0. The van der Waals surface area contributed by atoms with Gasteiger partial charge in [0.05, 0.1) is 36.8 Å². The first-order valence-electron chi connectivity index (χ1n) is 7.73. The third-order valence-corrected chi connectivity index (χ3v) is 3.81. The molecule has 1 aliphatic rings. The number of nitrogens with two attached hydrogens (primary N) is 1. The van der Waals surface area contributed by atoms with Gasteiger partial charge in [0.2, 0.25) is 5.88 Å². The smallest absolute Gasteiger partial charge is 0.244 e. The Morgan fingerprint density at radius 1 is 1.04 bits per heavy atom. The molecule has 1 aliphatic heterocycles. The summed E-state index contributed by atoms with van der Waals surface area (Å²) in [5.41, 5.74) is 8.26. The van der Waals surface area contributed by atoms with Gasteiger partial charge in [-0.15, -0.1) is 0 Å². The Labute approximate surface area is 138 Å². The number of anilines is 1. The van der Waals surface area contributed by atoms with Gasteiger partial charge < -0.3 is 15.2 Å². The second kappa shape index (κ2) is 6.32. The molecule has 3 aromatic rings. The van der Waals surface area contributed by atoms with Crippen molar-refractivity contribution >= 4 is 16.9 Å². The second-order valence-electron chi connectivity index (χ2n) is 5.50. The van der Waals surface area contributed by atoms with E-state index < -0.39 is 0 Å². The molecule has 0 spiro atoms. The molecule has 0 unspecified atom stereocenters. The number of hydrogen-bond acceptors (Lipinski definition) is 8. The molecule has 0 amide bonds. The largest absolute Gasteiger partial charge is 0.473 e. The minimum atomic E-state index is 0.0782. The van der Waals surface area contributed by atoms with Crippen LogP contribution in [0.25, 0.3) is 22.4 Å². The van der Waals surface area contributed by atoms with Gasteiger partial charge in [0.25, 0.3) is 0 Å². The fourth-order valence-electron chi connectivity index (χ4n) is 2.60. The van der Waals surface area contributed by atoms with Crippen molar-refractivity contribution in [3.8, 4) is 17.3 Å². The lowest BCUT2D eigenvalue weighted by molar-refractivity contribution is 0.0243. The Hall–Kier alpha value is -2.87. The Kier molecular flexibility index (Phi) is 3.87. The molecule has 0 aliphatic carbocycles. The third kappa shape index (κ3) is 2.95.